The third kappa shape index (κ3) is 1.71. The van der Waals surface area contributed by atoms with Crippen LogP contribution in [0.3, 0.4) is 0 Å². The predicted molar refractivity (Wildman–Crippen MR) is 80.3 cm³/mol. The summed E-state index contributed by atoms with van der Waals surface area (Å²) >= 11 is 6.05. The number of aryl methyl sites for hydroxylation is 1. The van der Waals surface area contributed by atoms with Crippen LogP contribution in [-0.4, -0.2) is 21.3 Å². The van der Waals surface area contributed by atoms with Gasteiger partial charge in [0.15, 0.2) is 11.6 Å². The van der Waals surface area contributed by atoms with Crippen LogP contribution in [0.2, 0.25) is 5.15 Å². The summed E-state index contributed by atoms with van der Waals surface area (Å²) in [5, 5.41) is 4.27. The van der Waals surface area contributed by atoms with Crippen LogP contribution in [0, 0.1) is 16.7 Å². The van der Waals surface area contributed by atoms with Crippen molar-refractivity contribution in [1.29, 1.82) is 0 Å². The summed E-state index contributed by atoms with van der Waals surface area (Å²) in [6, 6.07) is 0. The quantitative estimate of drug-likeness (QED) is 0.623. The summed E-state index contributed by atoms with van der Waals surface area (Å²) in [7, 11) is 1.68. The zero-order valence-corrected chi connectivity index (χ0v) is 13.5. The van der Waals surface area contributed by atoms with Crippen molar-refractivity contribution in [3.63, 3.8) is 0 Å². The number of carbonyl (C=O) groups is 2. The number of halogens is 1. The monoisotopic (exact) mass is 306 g/mol. The first-order valence-electron chi connectivity index (χ1n) is 7.18. The first-order chi connectivity index (χ1) is 9.70. The highest BCUT2D eigenvalue weighted by Gasteiger charge is 2.64. The molecule has 3 rings (SSSR count). The maximum Gasteiger partial charge on any atom is 0.190 e. The third-order valence-electron chi connectivity index (χ3n) is 5.78. The van der Waals surface area contributed by atoms with Crippen LogP contribution in [0.1, 0.15) is 44.0 Å². The van der Waals surface area contributed by atoms with E-state index >= 15 is 0 Å². The van der Waals surface area contributed by atoms with Crippen molar-refractivity contribution in [2.75, 3.05) is 0 Å². The molecule has 1 unspecified atom stereocenters. The van der Waals surface area contributed by atoms with E-state index in [4.69, 9.17) is 11.6 Å². The summed E-state index contributed by atoms with van der Waals surface area (Å²) in [4.78, 5) is 25.1. The molecule has 112 valence electrons. The number of hydrogen-bond donors (Lipinski definition) is 0. The van der Waals surface area contributed by atoms with Crippen molar-refractivity contribution in [3.05, 3.63) is 28.6 Å². The number of rotatable bonds is 2. The molecule has 4 nitrogen and oxygen atoms in total. The second-order valence-electron chi connectivity index (χ2n) is 6.91. The van der Waals surface area contributed by atoms with E-state index in [0.717, 1.165) is 12.8 Å². The maximum absolute atomic E-state index is 12.7. The molecule has 5 heteroatoms. The highest BCUT2D eigenvalue weighted by molar-refractivity contribution is 6.33. The smallest absolute Gasteiger partial charge is 0.190 e. The van der Waals surface area contributed by atoms with Crippen molar-refractivity contribution in [1.82, 2.24) is 9.78 Å². The minimum atomic E-state index is -0.345. The van der Waals surface area contributed by atoms with Crippen molar-refractivity contribution in [2.24, 2.45) is 23.8 Å². The third-order valence-corrected chi connectivity index (χ3v) is 6.23. The second-order valence-corrected chi connectivity index (χ2v) is 7.27. The Kier molecular flexibility index (Phi) is 2.97. The van der Waals surface area contributed by atoms with Crippen LogP contribution in [0.25, 0.3) is 0 Å². The normalized spacial score (nSPS) is 32.1. The average Bonchev–Trinajstić information content (AvgIpc) is 2.90. The summed E-state index contributed by atoms with van der Waals surface area (Å²) in [6.45, 7) is 6.29. The lowest BCUT2D eigenvalue weighted by atomic mass is 9.70. The Morgan fingerprint density at radius 1 is 1.48 bits per heavy atom. The minimum Gasteiger partial charge on any atom is -0.294 e. The van der Waals surface area contributed by atoms with E-state index in [9.17, 15) is 9.59 Å². The van der Waals surface area contributed by atoms with E-state index in [0.29, 0.717) is 16.3 Å². The van der Waals surface area contributed by atoms with Crippen LogP contribution in [0.15, 0.2) is 17.8 Å². The van der Waals surface area contributed by atoms with Gasteiger partial charge in [-0.25, -0.2) is 0 Å². The Labute approximate surface area is 129 Å². The van der Waals surface area contributed by atoms with E-state index in [-0.39, 0.29) is 28.3 Å². The molecule has 0 amide bonds. The molecule has 21 heavy (non-hydrogen) atoms. The Bertz CT molecular complexity index is 686. The minimum absolute atomic E-state index is 0.0884. The fourth-order valence-corrected chi connectivity index (χ4v) is 4.09. The fraction of sp³-hybridized carbons (Fsp3) is 0.562. The SMILES string of the molecule is Cn1ncc(C(=O)/C=C2/C(=O)C3(C)CC[C@@H]2C3(C)C)c1Cl. The topological polar surface area (TPSA) is 52.0 Å². The molecule has 2 fully saturated rings. The van der Waals surface area contributed by atoms with Gasteiger partial charge in [0.1, 0.15) is 5.15 Å². The molecule has 0 N–H and O–H groups in total. The molecule has 1 aromatic heterocycles. The molecule has 2 saturated carbocycles. The van der Waals surface area contributed by atoms with Gasteiger partial charge in [0.2, 0.25) is 0 Å². The van der Waals surface area contributed by atoms with Gasteiger partial charge in [0.05, 0.1) is 11.8 Å². The van der Waals surface area contributed by atoms with Gasteiger partial charge in [-0.3, -0.25) is 14.3 Å². The van der Waals surface area contributed by atoms with Gasteiger partial charge in [-0.1, -0.05) is 32.4 Å². The number of ketones is 2. The van der Waals surface area contributed by atoms with E-state index in [1.54, 1.807) is 7.05 Å². The largest absolute Gasteiger partial charge is 0.294 e. The van der Waals surface area contributed by atoms with Crippen molar-refractivity contribution in [3.8, 4) is 0 Å². The van der Waals surface area contributed by atoms with Crippen molar-refractivity contribution >= 4 is 23.2 Å². The number of carbonyl (C=O) groups excluding carboxylic acids is 2. The van der Waals surface area contributed by atoms with Gasteiger partial charge in [0, 0.05) is 18.0 Å². The molecule has 1 heterocycles. The molecule has 2 atom stereocenters. The number of allylic oxidation sites excluding steroid dienone is 2. The van der Waals surface area contributed by atoms with E-state index in [2.05, 4.69) is 18.9 Å². The zero-order valence-electron chi connectivity index (χ0n) is 12.7. The van der Waals surface area contributed by atoms with Crippen LogP contribution in [0.4, 0.5) is 0 Å². The number of aromatic nitrogens is 2. The van der Waals surface area contributed by atoms with E-state index in [1.165, 1.54) is 17.0 Å². The maximum atomic E-state index is 12.7. The summed E-state index contributed by atoms with van der Waals surface area (Å²) in [6.07, 6.45) is 4.81. The molecule has 2 aliphatic rings. The van der Waals surface area contributed by atoms with Crippen LogP contribution in [-0.2, 0) is 11.8 Å². The Morgan fingerprint density at radius 2 is 2.14 bits per heavy atom. The Hall–Kier alpha value is -1.42. The highest BCUT2D eigenvalue weighted by Crippen LogP contribution is 2.65. The van der Waals surface area contributed by atoms with Gasteiger partial charge >= 0.3 is 0 Å². The average molecular weight is 307 g/mol. The van der Waals surface area contributed by atoms with Crippen LogP contribution < -0.4 is 0 Å². The zero-order chi connectivity index (χ0) is 15.6. The highest BCUT2D eigenvalue weighted by atomic mass is 35.5. The lowest BCUT2D eigenvalue weighted by Gasteiger charge is -2.31. The molecule has 0 aromatic carbocycles. The molecule has 0 radical (unpaired) electrons. The number of hydrogen-bond acceptors (Lipinski definition) is 3. The van der Waals surface area contributed by atoms with Gasteiger partial charge in [0.25, 0.3) is 0 Å². The molecule has 1 aromatic rings. The number of fused-ring (bicyclic) bond motifs is 2. The Balaban J connectivity index is 2.01. The van der Waals surface area contributed by atoms with Gasteiger partial charge in [-0.15, -0.1) is 0 Å². The van der Waals surface area contributed by atoms with Gasteiger partial charge < -0.3 is 0 Å². The molecule has 2 bridgehead atoms. The summed E-state index contributed by atoms with van der Waals surface area (Å²) < 4.78 is 1.45. The van der Waals surface area contributed by atoms with E-state index < -0.39 is 0 Å². The molecular weight excluding hydrogens is 288 g/mol. The Morgan fingerprint density at radius 3 is 2.62 bits per heavy atom. The first-order valence-corrected chi connectivity index (χ1v) is 7.56. The van der Waals surface area contributed by atoms with E-state index in [1.807, 2.05) is 6.92 Å². The molecule has 0 spiro atoms. The predicted octanol–water partition coefficient (Wildman–Crippen LogP) is 3.21. The number of Topliss-reactive ketones (excluding diaryl/α,β-unsaturated/α-hetero) is 1. The summed E-state index contributed by atoms with van der Waals surface area (Å²) in [5.74, 6) is 0.0508. The molecule has 0 aliphatic heterocycles. The number of nitrogens with zero attached hydrogens (tertiary/aromatic N) is 2. The van der Waals surface area contributed by atoms with Gasteiger partial charge in [-0.05, 0) is 30.3 Å². The summed E-state index contributed by atoms with van der Waals surface area (Å²) in [5.41, 5.74) is 0.584. The molecule has 2 aliphatic carbocycles. The van der Waals surface area contributed by atoms with Crippen LogP contribution >= 0.6 is 11.6 Å². The second kappa shape index (κ2) is 4.29. The van der Waals surface area contributed by atoms with Crippen molar-refractivity contribution < 1.29 is 9.59 Å². The first kappa shape index (κ1) is 14.5. The van der Waals surface area contributed by atoms with Gasteiger partial charge in [-0.2, -0.15) is 5.10 Å². The lowest BCUT2D eigenvalue weighted by molar-refractivity contribution is -0.125. The standard InChI is InChI=1S/C16H19ClN2O2/c1-15(2)11-5-6-16(15,3)13(21)9(11)7-12(20)10-8-18-19(4)14(10)17/h7-8,11H,5-6H2,1-4H3/b9-7+/t11-,16?/m0/s1. The van der Waals surface area contributed by atoms with Crippen molar-refractivity contribution in [2.45, 2.75) is 33.6 Å². The lowest BCUT2D eigenvalue weighted by Crippen LogP contribution is -2.32. The fourth-order valence-electron chi connectivity index (χ4n) is 3.90. The molecular formula is C16H19ClN2O2. The van der Waals surface area contributed by atoms with Crippen LogP contribution in [0.5, 0.6) is 0 Å². The molecule has 0 saturated heterocycles.